The smallest absolute Gasteiger partial charge is 0.227 e. The molecule has 0 radical (unpaired) electrons. The Morgan fingerprint density at radius 2 is 1.82 bits per heavy atom. The summed E-state index contributed by atoms with van der Waals surface area (Å²) in [5, 5.41) is 3.12. The van der Waals surface area contributed by atoms with E-state index in [9.17, 15) is 9.59 Å². The van der Waals surface area contributed by atoms with Crippen LogP contribution >= 0.6 is 12.4 Å². The van der Waals surface area contributed by atoms with E-state index in [0.29, 0.717) is 25.9 Å². The first-order valence-electron chi connectivity index (χ1n) is 10.0. The van der Waals surface area contributed by atoms with E-state index in [1.165, 1.54) is 0 Å². The van der Waals surface area contributed by atoms with Gasteiger partial charge < -0.3 is 20.7 Å². The molecule has 1 aromatic rings. The Morgan fingerprint density at radius 3 is 2.50 bits per heavy atom. The van der Waals surface area contributed by atoms with Crippen LogP contribution in [0.1, 0.15) is 50.5 Å². The zero-order valence-corrected chi connectivity index (χ0v) is 17.6. The van der Waals surface area contributed by atoms with E-state index in [-0.39, 0.29) is 30.3 Å². The zero-order chi connectivity index (χ0) is 19.5. The van der Waals surface area contributed by atoms with Gasteiger partial charge in [-0.25, -0.2) is 0 Å². The molecule has 158 valence electrons. The van der Waals surface area contributed by atoms with Gasteiger partial charge in [0.05, 0.1) is 13.5 Å². The summed E-state index contributed by atoms with van der Waals surface area (Å²) in [5.74, 6) is 0.991. The number of nitrogens with one attached hydrogen (secondary N) is 1. The summed E-state index contributed by atoms with van der Waals surface area (Å²) >= 11 is 0. The molecule has 1 aliphatic rings. The second-order valence-electron chi connectivity index (χ2n) is 7.16. The first kappa shape index (κ1) is 24.2. The van der Waals surface area contributed by atoms with E-state index in [2.05, 4.69) is 5.32 Å². The number of nitrogens with two attached hydrogens (primary N) is 1. The van der Waals surface area contributed by atoms with Crippen molar-refractivity contribution in [3.63, 3.8) is 0 Å². The van der Waals surface area contributed by atoms with Crippen LogP contribution in [-0.4, -0.2) is 49.5 Å². The molecule has 1 aromatic carbocycles. The number of unbranched alkanes of at least 4 members (excludes halogenated alkanes) is 3. The van der Waals surface area contributed by atoms with Crippen molar-refractivity contribution in [3.05, 3.63) is 29.8 Å². The third kappa shape index (κ3) is 8.07. The van der Waals surface area contributed by atoms with Crippen LogP contribution < -0.4 is 15.8 Å². The van der Waals surface area contributed by atoms with Crippen molar-refractivity contribution in [1.29, 1.82) is 0 Å². The van der Waals surface area contributed by atoms with Gasteiger partial charge in [0.1, 0.15) is 5.75 Å². The van der Waals surface area contributed by atoms with Crippen molar-refractivity contribution in [1.82, 2.24) is 10.2 Å². The third-order valence-electron chi connectivity index (χ3n) is 5.10. The van der Waals surface area contributed by atoms with Crippen LogP contribution in [0.15, 0.2) is 24.3 Å². The minimum absolute atomic E-state index is 0. The van der Waals surface area contributed by atoms with Crippen molar-refractivity contribution in [2.24, 2.45) is 5.73 Å². The molecule has 0 aromatic heterocycles. The van der Waals surface area contributed by atoms with Crippen LogP contribution in [0.5, 0.6) is 5.75 Å². The predicted molar refractivity (Wildman–Crippen MR) is 114 cm³/mol. The van der Waals surface area contributed by atoms with Crippen LogP contribution in [0.2, 0.25) is 0 Å². The number of likely N-dealkylation sites (tertiary alicyclic amines) is 1. The van der Waals surface area contributed by atoms with Gasteiger partial charge in [-0.15, -0.1) is 12.4 Å². The number of para-hydroxylation sites is 1. The normalized spacial score (nSPS) is 14.3. The van der Waals surface area contributed by atoms with E-state index in [1.54, 1.807) is 7.11 Å². The van der Waals surface area contributed by atoms with Gasteiger partial charge in [0.15, 0.2) is 0 Å². The Morgan fingerprint density at radius 1 is 1.14 bits per heavy atom. The number of carbonyl (C=O) groups is 2. The van der Waals surface area contributed by atoms with Crippen molar-refractivity contribution >= 4 is 24.2 Å². The molecule has 2 amide bonds. The highest BCUT2D eigenvalue weighted by Gasteiger charge is 2.24. The Hall–Kier alpha value is -1.79. The lowest BCUT2D eigenvalue weighted by molar-refractivity contribution is -0.131. The van der Waals surface area contributed by atoms with E-state index >= 15 is 0 Å². The molecular weight excluding hydrogens is 378 g/mol. The summed E-state index contributed by atoms with van der Waals surface area (Å²) in [6, 6.07) is 7.80. The lowest BCUT2D eigenvalue weighted by Gasteiger charge is -2.32. The molecule has 1 heterocycles. The number of nitrogens with zero attached hydrogens (tertiary/aromatic N) is 1. The molecule has 0 atom stereocenters. The van der Waals surface area contributed by atoms with Gasteiger partial charge in [-0.05, 0) is 38.3 Å². The van der Waals surface area contributed by atoms with Crippen molar-refractivity contribution in [3.8, 4) is 5.75 Å². The second kappa shape index (κ2) is 13.4. The molecule has 0 bridgehead atoms. The number of benzene rings is 1. The van der Waals surface area contributed by atoms with Gasteiger partial charge in [0, 0.05) is 31.1 Å². The highest BCUT2D eigenvalue weighted by Crippen LogP contribution is 2.20. The van der Waals surface area contributed by atoms with Gasteiger partial charge >= 0.3 is 0 Å². The van der Waals surface area contributed by atoms with E-state index in [0.717, 1.165) is 56.4 Å². The standard InChI is InChI=1S/C21H33N3O3.ClH/c1-27-19-9-6-5-8-17(19)16-21(26)24-14-11-18(12-15-24)23-20(25)10-4-2-3-7-13-22;/h5-6,8-9,18H,2-4,7,10-16,22H2,1H3,(H,23,25);1H. The number of amides is 2. The quantitative estimate of drug-likeness (QED) is 0.579. The Labute approximate surface area is 174 Å². The topological polar surface area (TPSA) is 84.7 Å². The van der Waals surface area contributed by atoms with Crippen molar-refractivity contribution in [2.75, 3.05) is 26.7 Å². The fourth-order valence-corrected chi connectivity index (χ4v) is 3.48. The zero-order valence-electron chi connectivity index (χ0n) is 16.8. The first-order chi connectivity index (χ1) is 13.1. The summed E-state index contributed by atoms with van der Waals surface area (Å²) in [6.07, 6.45) is 6.66. The Bertz CT molecular complexity index is 604. The lowest BCUT2D eigenvalue weighted by Crippen LogP contribution is -2.46. The summed E-state index contributed by atoms with van der Waals surface area (Å²) in [6.45, 7) is 2.10. The average Bonchev–Trinajstić information content (AvgIpc) is 2.68. The molecule has 1 saturated heterocycles. The molecule has 2 rings (SSSR count). The number of hydrogen-bond donors (Lipinski definition) is 2. The number of piperidine rings is 1. The Balaban J connectivity index is 0.00000392. The van der Waals surface area contributed by atoms with Crippen LogP contribution in [0.4, 0.5) is 0 Å². The maximum Gasteiger partial charge on any atom is 0.227 e. The molecule has 0 spiro atoms. The fourth-order valence-electron chi connectivity index (χ4n) is 3.48. The van der Waals surface area contributed by atoms with Crippen molar-refractivity contribution < 1.29 is 14.3 Å². The van der Waals surface area contributed by atoms with Gasteiger partial charge in [-0.2, -0.15) is 0 Å². The van der Waals surface area contributed by atoms with Crippen LogP contribution in [0, 0.1) is 0 Å². The Kier molecular flexibility index (Phi) is 11.6. The molecule has 3 N–H and O–H groups in total. The summed E-state index contributed by atoms with van der Waals surface area (Å²) in [4.78, 5) is 26.5. The fraction of sp³-hybridized carbons (Fsp3) is 0.619. The largest absolute Gasteiger partial charge is 0.496 e. The number of hydrogen-bond acceptors (Lipinski definition) is 4. The molecule has 0 aliphatic carbocycles. The number of ether oxygens (including phenoxy) is 1. The van der Waals surface area contributed by atoms with Gasteiger partial charge in [0.2, 0.25) is 11.8 Å². The lowest BCUT2D eigenvalue weighted by atomic mass is 10.0. The average molecular weight is 412 g/mol. The molecule has 0 unspecified atom stereocenters. The molecule has 28 heavy (non-hydrogen) atoms. The van der Waals surface area contributed by atoms with E-state index in [1.807, 2.05) is 29.2 Å². The van der Waals surface area contributed by atoms with E-state index in [4.69, 9.17) is 10.5 Å². The SMILES string of the molecule is COc1ccccc1CC(=O)N1CCC(NC(=O)CCCCCCN)CC1.Cl. The molecule has 6 nitrogen and oxygen atoms in total. The summed E-state index contributed by atoms with van der Waals surface area (Å²) in [7, 11) is 1.62. The number of rotatable bonds is 10. The van der Waals surface area contributed by atoms with E-state index < -0.39 is 0 Å². The minimum atomic E-state index is 0. The minimum Gasteiger partial charge on any atom is -0.496 e. The summed E-state index contributed by atoms with van der Waals surface area (Å²) in [5.41, 5.74) is 6.38. The highest BCUT2D eigenvalue weighted by molar-refractivity contribution is 5.85. The van der Waals surface area contributed by atoms with Crippen LogP contribution in [0.25, 0.3) is 0 Å². The van der Waals surface area contributed by atoms with Gasteiger partial charge in [0.25, 0.3) is 0 Å². The first-order valence-corrected chi connectivity index (χ1v) is 10.0. The number of methoxy groups -OCH3 is 1. The van der Waals surface area contributed by atoms with Crippen LogP contribution in [-0.2, 0) is 16.0 Å². The third-order valence-corrected chi connectivity index (χ3v) is 5.10. The highest BCUT2D eigenvalue weighted by atomic mass is 35.5. The maximum atomic E-state index is 12.6. The predicted octanol–water partition coefficient (Wildman–Crippen LogP) is 2.68. The van der Waals surface area contributed by atoms with Gasteiger partial charge in [-0.3, -0.25) is 9.59 Å². The molecular formula is C21H34ClN3O3. The maximum absolute atomic E-state index is 12.6. The molecule has 1 fully saturated rings. The molecule has 7 heteroatoms. The summed E-state index contributed by atoms with van der Waals surface area (Å²) < 4.78 is 5.32. The van der Waals surface area contributed by atoms with Crippen LogP contribution in [0.3, 0.4) is 0 Å². The van der Waals surface area contributed by atoms with Crippen molar-refractivity contribution in [2.45, 2.75) is 57.4 Å². The second-order valence-corrected chi connectivity index (χ2v) is 7.16. The number of carbonyl (C=O) groups excluding carboxylic acids is 2. The molecule has 1 aliphatic heterocycles. The number of halogens is 1. The van der Waals surface area contributed by atoms with Gasteiger partial charge in [-0.1, -0.05) is 31.0 Å². The molecule has 0 saturated carbocycles. The monoisotopic (exact) mass is 411 g/mol.